The Morgan fingerprint density at radius 2 is 1.75 bits per heavy atom. The largest absolute Gasteiger partial charge is 0.490 e. The average molecular weight is 328 g/mol. The quantitative estimate of drug-likeness (QED) is 0.667. The molecule has 0 atom stereocenters. The molecule has 0 fully saturated rings. The van der Waals surface area contributed by atoms with E-state index in [0.717, 1.165) is 18.4 Å². The summed E-state index contributed by atoms with van der Waals surface area (Å²) in [6.07, 6.45) is 2.50. The molecule has 2 rings (SSSR count). The van der Waals surface area contributed by atoms with Gasteiger partial charge in [-0.05, 0) is 49.4 Å². The molecule has 0 aromatic heterocycles. The van der Waals surface area contributed by atoms with Crippen LogP contribution in [0, 0.1) is 0 Å². The van der Waals surface area contributed by atoms with Crippen LogP contribution in [0.5, 0.6) is 11.5 Å². The highest BCUT2D eigenvalue weighted by Crippen LogP contribution is 2.29. The van der Waals surface area contributed by atoms with E-state index in [1.165, 1.54) is 5.56 Å². The Kier molecular flexibility index (Phi) is 7.15. The van der Waals surface area contributed by atoms with Crippen molar-refractivity contribution < 1.29 is 19.4 Å². The highest BCUT2D eigenvalue weighted by Gasteiger charge is 2.08. The van der Waals surface area contributed by atoms with E-state index in [-0.39, 0.29) is 6.42 Å². The van der Waals surface area contributed by atoms with E-state index in [9.17, 15) is 4.79 Å². The molecule has 2 aromatic rings. The van der Waals surface area contributed by atoms with Crippen molar-refractivity contribution in [3.8, 4) is 11.5 Å². The highest BCUT2D eigenvalue weighted by atomic mass is 16.5. The first-order valence-corrected chi connectivity index (χ1v) is 8.33. The predicted octanol–water partition coefficient (Wildman–Crippen LogP) is 4.11. The molecule has 0 aliphatic heterocycles. The van der Waals surface area contributed by atoms with Crippen molar-refractivity contribution in [3.05, 3.63) is 59.7 Å². The van der Waals surface area contributed by atoms with E-state index in [1.807, 2.05) is 43.3 Å². The summed E-state index contributed by atoms with van der Waals surface area (Å²) in [5.41, 5.74) is 2.24. The zero-order valence-electron chi connectivity index (χ0n) is 14.0. The maximum atomic E-state index is 10.7. The van der Waals surface area contributed by atoms with Gasteiger partial charge in [0.15, 0.2) is 11.5 Å². The van der Waals surface area contributed by atoms with Gasteiger partial charge < -0.3 is 14.6 Å². The SMILES string of the molecule is CCOc1cc(CCC(=O)O)ccc1OCCCc1ccccc1. The molecule has 0 spiro atoms. The minimum atomic E-state index is -0.797. The molecule has 0 amide bonds. The molecule has 128 valence electrons. The summed E-state index contributed by atoms with van der Waals surface area (Å²) in [5, 5.41) is 8.78. The summed E-state index contributed by atoms with van der Waals surface area (Å²) < 4.78 is 11.5. The Labute approximate surface area is 143 Å². The molecule has 1 N–H and O–H groups in total. The van der Waals surface area contributed by atoms with Crippen LogP contribution in [0.2, 0.25) is 0 Å². The fraction of sp³-hybridized carbons (Fsp3) is 0.350. The molecule has 0 bridgehead atoms. The van der Waals surface area contributed by atoms with Gasteiger partial charge in [0.25, 0.3) is 0 Å². The average Bonchev–Trinajstić information content (AvgIpc) is 2.59. The number of ether oxygens (including phenoxy) is 2. The fourth-order valence-corrected chi connectivity index (χ4v) is 2.45. The highest BCUT2D eigenvalue weighted by molar-refractivity contribution is 5.67. The maximum Gasteiger partial charge on any atom is 0.303 e. The molecule has 24 heavy (non-hydrogen) atoms. The van der Waals surface area contributed by atoms with Crippen LogP contribution in [0.25, 0.3) is 0 Å². The molecule has 0 radical (unpaired) electrons. The van der Waals surface area contributed by atoms with Crippen molar-refractivity contribution >= 4 is 5.97 Å². The van der Waals surface area contributed by atoms with E-state index < -0.39 is 5.97 Å². The molecule has 4 nitrogen and oxygen atoms in total. The second kappa shape index (κ2) is 9.60. The van der Waals surface area contributed by atoms with Crippen molar-refractivity contribution in [2.75, 3.05) is 13.2 Å². The zero-order valence-corrected chi connectivity index (χ0v) is 14.0. The monoisotopic (exact) mass is 328 g/mol. The summed E-state index contributed by atoms with van der Waals surface area (Å²) in [4.78, 5) is 10.7. The summed E-state index contributed by atoms with van der Waals surface area (Å²) in [5.74, 6) is 0.596. The second-order valence-corrected chi connectivity index (χ2v) is 5.55. The van der Waals surface area contributed by atoms with Crippen molar-refractivity contribution in [1.29, 1.82) is 0 Å². The standard InChI is InChI=1S/C20H24O4/c1-2-23-19-15-17(11-13-20(21)22)10-12-18(19)24-14-6-9-16-7-4-3-5-8-16/h3-5,7-8,10,12,15H,2,6,9,11,13-14H2,1H3,(H,21,22). The Bertz CT molecular complexity index is 637. The van der Waals surface area contributed by atoms with Gasteiger partial charge in [0.1, 0.15) is 0 Å². The number of hydrogen-bond acceptors (Lipinski definition) is 3. The van der Waals surface area contributed by atoms with Crippen LogP contribution in [-0.4, -0.2) is 24.3 Å². The molecular formula is C20H24O4. The normalized spacial score (nSPS) is 10.4. The van der Waals surface area contributed by atoms with Crippen LogP contribution in [0.15, 0.2) is 48.5 Å². The molecular weight excluding hydrogens is 304 g/mol. The van der Waals surface area contributed by atoms with E-state index >= 15 is 0 Å². The van der Waals surface area contributed by atoms with Gasteiger partial charge in [-0.25, -0.2) is 0 Å². The molecule has 0 aliphatic carbocycles. The molecule has 0 heterocycles. The predicted molar refractivity (Wildman–Crippen MR) is 93.8 cm³/mol. The van der Waals surface area contributed by atoms with Gasteiger partial charge in [-0.2, -0.15) is 0 Å². The first-order chi connectivity index (χ1) is 11.7. The van der Waals surface area contributed by atoms with Gasteiger partial charge >= 0.3 is 5.97 Å². The van der Waals surface area contributed by atoms with E-state index in [0.29, 0.717) is 31.1 Å². The summed E-state index contributed by atoms with van der Waals surface area (Å²) in [7, 11) is 0. The number of carboxylic acids is 1. The van der Waals surface area contributed by atoms with Gasteiger partial charge in [-0.3, -0.25) is 4.79 Å². The number of rotatable bonds is 10. The van der Waals surface area contributed by atoms with Crippen LogP contribution in [0.3, 0.4) is 0 Å². The minimum Gasteiger partial charge on any atom is -0.490 e. The van der Waals surface area contributed by atoms with E-state index in [1.54, 1.807) is 0 Å². The number of benzene rings is 2. The van der Waals surface area contributed by atoms with Crippen molar-refractivity contribution in [2.45, 2.75) is 32.6 Å². The third kappa shape index (κ3) is 5.95. The van der Waals surface area contributed by atoms with Gasteiger partial charge in [0.05, 0.1) is 13.2 Å². The molecule has 0 unspecified atom stereocenters. The number of aliphatic carboxylic acids is 1. The number of hydrogen-bond donors (Lipinski definition) is 1. The van der Waals surface area contributed by atoms with E-state index in [4.69, 9.17) is 14.6 Å². The zero-order chi connectivity index (χ0) is 17.2. The number of carbonyl (C=O) groups is 1. The van der Waals surface area contributed by atoms with Gasteiger partial charge in [-0.15, -0.1) is 0 Å². The fourth-order valence-electron chi connectivity index (χ4n) is 2.45. The lowest BCUT2D eigenvalue weighted by molar-refractivity contribution is -0.136. The Morgan fingerprint density at radius 1 is 0.958 bits per heavy atom. The first-order valence-electron chi connectivity index (χ1n) is 8.33. The maximum absolute atomic E-state index is 10.7. The molecule has 0 saturated carbocycles. The van der Waals surface area contributed by atoms with Crippen molar-refractivity contribution in [1.82, 2.24) is 0 Å². The third-order valence-electron chi connectivity index (χ3n) is 3.65. The number of carboxylic acid groups (broad SMARTS) is 1. The lowest BCUT2D eigenvalue weighted by atomic mass is 10.1. The molecule has 2 aromatic carbocycles. The Hall–Kier alpha value is -2.49. The molecule has 0 saturated heterocycles. The Balaban J connectivity index is 1.89. The van der Waals surface area contributed by atoms with E-state index in [2.05, 4.69) is 12.1 Å². The van der Waals surface area contributed by atoms with Crippen LogP contribution in [-0.2, 0) is 17.6 Å². The Morgan fingerprint density at radius 3 is 2.46 bits per heavy atom. The van der Waals surface area contributed by atoms with Crippen LogP contribution in [0.4, 0.5) is 0 Å². The minimum absolute atomic E-state index is 0.114. The first kappa shape index (κ1) is 17.9. The summed E-state index contributed by atoms with van der Waals surface area (Å²) in [6, 6.07) is 16.0. The second-order valence-electron chi connectivity index (χ2n) is 5.55. The lowest BCUT2D eigenvalue weighted by Gasteiger charge is -2.13. The molecule has 4 heteroatoms. The third-order valence-corrected chi connectivity index (χ3v) is 3.65. The van der Waals surface area contributed by atoms with Crippen LogP contribution < -0.4 is 9.47 Å². The van der Waals surface area contributed by atoms with Crippen LogP contribution >= 0.6 is 0 Å². The topological polar surface area (TPSA) is 55.8 Å². The van der Waals surface area contributed by atoms with Gasteiger partial charge in [0.2, 0.25) is 0 Å². The van der Waals surface area contributed by atoms with Gasteiger partial charge in [-0.1, -0.05) is 36.4 Å². The van der Waals surface area contributed by atoms with Crippen molar-refractivity contribution in [2.24, 2.45) is 0 Å². The van der Waals surface area contributed by atoms with Gasteiger partial charge in [0, 0.05) is 6.42 Å². The van der Waals surface area contributed by atoms with Crippen molar-refractivity contribution in [3.63, 3.8) is 0 Å². The number of aryl methyl sites for hydroxylation is 2. The van der Waals surface area contributed by atoms with Crippen LogP contribution in [0.1, 0.15) is 30.9 Å². The molecule has 0 aliphatic rings. The summed E-state index contributed by atoms with van der Waals surface area (Å²) in [6.45, 7) is 3.08. The lowest BCUT2D eigenvalue weighted by Crippen LogP contribution is -2.03. The summed E-state index contributed by atoms with van der Waals surface area (Å²) >= 11 is 0. The smallest absolute Gasteiger partial charge is 0.303 e.